The largest absolute Gasteiger partial charge is 0.332 e. The summed E-state index contributed by atoms with van der Waals surface area (Å²) in [7, 11) is 0. The Morgan fingerprint density at radius 3 is 1.82 bits per heavy atom. The van der Waals surface area contributed by atoms with Crippen LogP contribution in [0.5, 0.6) is 0 Å². The zero-order valence-corrected chi connectivity index (χ0v) is 23.9. The first-order valence-electron chi connectivity index (χ1n) is 12.7. The molecule has 3 aromatic heterocycles. The van der Waals surface area contributed by atoms with E-state index in [1.165, 1.54) is 0 Å². The van der Waals surface area contributed by atoms with Crippen molar-refractivity contribution in [2.75, 3.05) is 0 Å². The summed E-state index contributed by atoms with van der Waals surface area (Å²) in [5.74, 6) is 0.842. The molecule has 0 unspecified atom stereocenters. The van der Waals surface area contributed by atoms with E-state index in [2.05, 4.69) is 58.1 Å². The van der Waals surface area contributed by atoms with E-state index in [-0.39, 0.29) is 20.1 Å². The molecule has 7 aromatic rings. The summed E-state index contributed by atoms with van der Waals surface area (Å²) < 4.78 is 2.14. The van der Waals surface area contributed by atoms with Crippen molar-refractivity contribution in [2.24, 2.45) is 0 Å². The summed E-state index contributed by atoms with van der Waals surface area (Å²) >= 11 is 0. The topological polar surface area (TPSA) is 43.6 Å². The Labute approximate surface area is 247 Å². The van der Waals surface area contributed by atoms with Gasteiger partial charge in [-0.1, -0.05) is 60.7 Å². The third kappa shape index (κ3) is 5.97. The molecule has 0 atom stereocenters. The van der Waals surface area contributed by atoms with E-state index < -0.39 is 0 Å². The maximum Gasteiger partial charge on any atom is 0.168 e. The molecule has 0 aliphatic rings. The van der Waals surface area contributed by atoms with Gasteiger partial charge in [0.1, 0.15) is 0 Å². The van der Waals surface area contributed by atoms with Gasteiger partial charge in [-0.05, 0) is 36.0 Å². The fourth-order valence-corrected chi connectivity index (χ4v) is 4.36. The number of fused-ring (bicyclic) bond motifs is 1. The number of hydrogen-bond donors (Lipinski definition) is 0. The number of hydrogen-bond acceptors (Lipinski definition) is 3. The third-order valence-corrected chi connectivity index (χ3v) is 6.20. The molecular formula is C35H24IrN4-2. The molecule has 0 aliphatic heterocycles. The van der Waals surface area contributed by atoms with Gasteiger partial charge in [-0.15, -0.1) is 71.8 Å². The Morgan fingerprint density at radius 2 is 1.18 bits per heavy atom. The summed E-state index contributed by atoms with van der Waals surface area (Å²) in [6.07, 6.45) is 1.79. The monoisotopic (exact) mass is 693 g/mol. The van der Waals surface area contributed by atoms with Gasteiger partial charge in [-0.3, -0.25) is 4.98 Å². The van der Waals surface area contributed by atoms with E-state index in [9.17, 15) is 0 Å². The molecule has 3 heterocycles. The Kier molecular flexibility index (Phi) is 8.67. The van der Waals surface area contributed by atoms with Gasteiger partial charge in [0, 0.05) is 37.6 Å². The SMILES string of the molecule is [Ir].[c-]1ccccc1-c1ccccn1.[c-]1ccccc1-c1nc2nc(-c3ccccc3)ccc2n1-c1ccccc1. The Bertz CT molecular complexity index is 1730. The fourth-order valence-electron chi connectivity index (χ4n) is 4.36. The van der Waals surface area contributed by atoms with Crippen molar-refractivity contribution in [1.82, 2.24) is 19.5 Å². The number of rotatable bonds is 4. The van der Waals surface area contributed by atoms with Crippen molar-refractivity contribution in [1.29, 1.82) is 0 Å². The van der Waals surface area contributed by atoms with E-state index in [1.807, 2.05) is 103 Å². The second-order valence-corrected chi connectivity index (χ2v) is 8.78. The summed E-state index contributed by atoms with van der Waals surface area (Å²) in [6.45, 7) is 0. The standard InChI is InChI=1S/C24H16N3.C11H8N.Ir/c1-4-10-18(11-5-1)21-16-17-22-23(25-21)26-24(19-12-6-2-7-13-19)27(22)20-14-8-3-9-15-20;1-2-6-10(7-3-1)11-8-4-5-9-12-11;/h1-12,14-17H;1-6,8-9H;/q2*-1;. The van der Waals surface area contributed by atoms with Crippen molar-refractivity contribution in [3.8, 4) is 39.6 Å². The number of aromatic nitrogens is 4. The number of para-hydroxylation sites is 1. The minimum absolute atomic E-state index is 0. The van der Waals surface area contributed by atoms with Gasteiger partial charge < -0.3 is 9.55 Å². The van der Waals surface area contributed by atoms with Crippen molar-refractivity contribution in [2.45, 2.75) is 0 Å². The molecule has 40 heavy (non-hydrogen) atoms. The molecule has 4 nitrogen and oxygen atoms in total. The maximum absolute atomic E-state index is 4.87. The van der Waals surface area contributed by atoms with Crippen molar-refractivity contribution < 1.29 is 20.1 Å². The molecule has 1 radical (unpaired) electrons. The van der Waals surface area contributed by atoms with Crippen LogP contribution < -0.4 is 0 Å². The predicted molar refractivity (Wildman–Crippen MR) is 157 cm³/mol. The summed E-state index contributed by atoms with van der Waals surface area (Å²) in [5, 5.41) is 0. The van der Waals surface area contributed by atoms with Gasteiger partial charge in [0.15, 0.2) is 5.65 Å². The molecule has 0 aliphatic carbocycles. The number of benzene rings is 4. The number of nitrogens with zero attached hydrogens (tertiary/aromatic N) is 4. The Hall–Kier alpha value is -4.70. The van der Waals surface area contributed by atoms with Crippen molar-refractivity contribution in [3.05, 3.63) is 158 Å². The van der Waals surface area contributed by atoms with Gasteiger partial charge in [-0.25, -0.2) is 4.98 Å². The second-order valence-electron chi connectivity index (χ2n) is 8.78. The third-order valence-electron chi connectivity index (χ3n) is 6.20. The summed E-state index contributed by atoms with van der Waals surface area (Å²) in [5.41, 5.74) is 7.73. The van der Waals surface area contributed by atoms with Crippen LogP contribution in [-0.2, 0) is 20.1 Å². The summed E-state index contributed by atoms with van der Waals surface area (Å²) in [4.78, 5) is 13.9. The van der Waals surface area contributed by atoms with E-state index in [0.29, 0.717) is 0 Å². The van der Waals surface area contributed by atoms with Gasteiger partial charge in [0.05, 0.1) is 17.0 Å². The van der Waals surface area contributed by atoms with Crippen LogP contribution in [0, 0.1) is 12.1 Å². The summed E-state index contributed by atoms with van der Waals surface area (Å²) in [6, 6.07) is 52.6. The maximum atomic E-state index is 4.87. The van der Waals surface area contributed by atoms with Crippen LogP contribution in [0.4, 0.5) is 0 Å². The molecule has 7 rings (SSSR count). The van der Waals surface area contributed by atoms with E-state index in [1.54, 1.807) is 6.20 Å². The fraction of sp³-hybridized carbons (Fsp3) is 0. The van der Waals surface area contributed by atoms with Crippen LogP contribution in [0.25, 0.3) is 50.8 Å². The molecule has 0 saturated carbocycles. The zero-order chi connectivity index (χ0) is 26.3. The molecule has 0 amide bonds. The van der Waals surface area contributed by atoms with E-state index >= 15 is 0 Å². The first kappa shape index (κ1) is 26.9. The molecule has 0 bridgehead atoms. The van der Waals surface area contributed by atoms with E-state index in [0.717, 1.165) is 50.8 Å². The van der Waals surface area contributed by atoms with Crippen LogP contribution in [0.3, 0.4) is 0 Å². The number of imidazole rings is 1. The van der Waals surface area contributed by atoms with Crippen LogP contribution in [-0.4, -0.2) is 19.5 Å². The first-order chi connectivity index (χ1) is 19.4. The van der Waals surface area contributed by atoms with Crippen LogP contribution in [0.1, 0.15) is 0 Å². The average Bonchev–Trinajstić information content (AvgIpc) is 3.42. The van der Waals surface area contributed by atoms with E-state index in [4.69, 9.17) is 9.97 Å². The minimum Gasteiger partial charge on any atom is -0.332 e. The normalized spacial score (nSPS) is 10.3. The van der Waals surface area contributed by atoms with Crippen LogP contribution in [0.2, 0.25) is 0 Å². The van der Waals surface area contributed by atoms with Crippen molar-refractivity contribution >= 4 is 11.2 Å². The van der Waals surface area contributed by atoms with Gasteiger partial charge in [0.2, 0.25) is 0 Å². The molecule has 0 N–H and O–H groups in total. The van der Waals surface area contributed by atoms with Crippen molar-refractivity contribution in [3.63, 3.8) is 0 Å². The van der Waals surface area contributed by atoms with Crippen LogP contribution in [0.15, 0.2) is 146 Å². The minimum atomic E-state index is 0. The second kappa shape index (κ2) is 12.9. The molecule has 0 saturated heterocycles. The zero-order valence-electron chi connectivity index (χ0n) is 21.5. The molecule has 5 heteroatoms. The molecule has 0 fully saturated rings. The molecule has 4 aromatic carbocycles. The smallest absolute Gasteiger partial charge is 0.168 e. The molecule has 195 valence electrons. The molecular weight excluding hydrogens is 669 g/mol. The van der Waals surface area contributed by atoms with Gasteiger partial charge in [-0.2, -0.15) is 0 Å². The van der Waals surface area contributed by atoms with Gasteiger partial charge in [0.25, 0.3) is 0 Å². The van der Waals surface area contributed by atoms with Gasteiger partial charge >= 0.3 is 0 Å². The quantitative estimate of drug-likeness (QED) is 0.175. The number of pyridine rings is 2. The average molecular weight is 693 g/mol. The first-order valence-corrected chi connectivity index (χ1v) is 12.7. The Morgan fingerprint density at radius 1 is 0.525 bits per heavy atom. The molecule has 0 spiro atoms. The Balaban J connectivity index is 0.000000209. The predicted octanol–water partition coefficient (Wildman–Crippen LogP) is 8.10. The van der Waals surface area contributed by atoms with Crippen LogP contribution >= 0.6 is 0 Å².